The van der Waals surface area contributed by atoms with Crippen LogP contribution in [0.4, 0.5) is 20.2 Å². The van der Waals surface area contributed by atoms with Crippen LogP contribution < -0.4 is 14.8 Å². The Labute approximate surface area is 229 Å². The molecule has 2 heterocycles. The number of carbonyl (C=O) groups excluding carboxylic acids is 1. The molecule has 0 atom stereocenters. The van der Waals surface area contributed by atoms with Gasteiger partial charge in [-0.2, -0.15) is 0 Å². The predicted octanol–water partition coefficient (Wildman–Crippen LogP) is 3.97. The fourth-order valence-corrected chi connectivity index (χ4v) is 5.05. The maximum atomic E-state index is 14.1. The van der Waals surface area contributed by atoms with Crippen LogP contribution in [0.2, 0.25) is 0 Å². The minimum Gasteiger partial charge on any atom is -0.486 e. The maximum Gasteiger partial charge on any atom is 0.257 e. The van der Waals surface area contributed by atoms with E-state index in [4.69, 9.17) is 4.74 Å². The van der Waals surface area contributed by atoms with Crippen LogP contribution >= 0.6 is 0 Å². The van der Waals surface area contributed by atoms with Gasteiger partial charge in [0.1, 0.15) is 23.9 Å². The van der Waals surface area contributed by atoms with Crippen molar-refractivity contribution in [2.24, 2.45) is 7.05 Å². The number of rotatable bonds is 9. The number of hydrogen-bond donors (Lipinski definition) is 2. The van der Waals surface area contributed by atoms with Crippen molar-refractivity contribution in [2.45, 2.75) is 11.5 Å². The molecule has 40 heavy (non-hydrogen) atoms. The Kier molecular flexibility index (Phi) is 7.93. The second kappa shape index (κ2) is 11.1. The number of nitrogens with one attached hydrogen (secondary N) is 2. The number of carbonyl (C=O) groups is 1. The summed E-state index contributed by atoms with van der Waals surface area (Å²) >= 11 is 0. The average Bonchev–Trinajstić information content (AvgIpc) is 3.22. The first-order chi connectivity index (χ1) is 18.7. The molecule has 2 aromatic carbocycles. The number of anilines is 2. The molecule has 0 unspecified atom stereocenters. The topological polar surface area (TPSA) is 136 Å². The van der Waals surface area contributed by atoms with Crippen LogP contribution in [0.15, 0.2) is 71.9 Å². The molecule has 10 nitrogen and oxygen atoms in total. The van der Waals surface area contributed by atoms with E-state index < -0.39 is 37.4 Å². The fourth-order valence-electron chi connectivity index (χ4n) is 3.80. The van der Waals surface area contributed by atoms with Gasteiger partial charge in [0.15, 0.2) is 15.6 Å². The van der Waals surface area contributed by atoms with Gasteiger partial charge >= 0.3 is 0 Å². The Morgan fingerprint density at radius 2 is 1.70 bits per heavy atom. The van der Waals surface area contributed by atoms with Crippen LogP contribution in [0.5, 0.6) is 5.75 Å². The molecule has 0 fully saturated rings. The van der Waals surface area contributed by atoms with Gasteiger partial charge < -0.3 is 14.6 Å². The summed E-state index contributed by atoms with van der Waals surface area (Å²) in [6.07, 6.45) is 4.45. The Bertz CT molecular complexity index is 1820. The molecule has 210 valence electrons. The van der Waals surface area contributed by atoms with E-state index >= 15 is 0 Å². The zero-order valence-corrected chi connectivity index (χ0v) is 23.1. The zero-order chi connectivity index (χ0) is 29.2. The van der Waals surface area contributed by atoms with Crippen molar-refractivity contribution < 1.29 is 35.1 Å². The van der Waals surface area contributed by atoms with Gasteiger partial charge in [-0.15, -0.1) is 0 Å². The number of aromatic nitrogens is 2. The molecular weight excluding hydrogens is 566 g/mol. The fraction of sp³-hybridized carbons (Fsp3) is 0.154. The van der Waals surface area contributed by atoms with Crippen molar-refractivity contribution in [2.75, 3.05) is 22.6 Å². The summed E-state index contributed by atoms with van der Waals surface area (Å²) in [6, 6.07) is 12.0. The third kappa shape index (κ3) is 7.21. The number of aryl methyl sites for hydroxylation is 1. The summed E-state index contributed by atoms with van der Waals surface area (Å²) in [7, 11) is -5.54. The van der Waals surface area contributed by atoms with Gasteiger partial charge in [0.25, 0.3) is 5.91 Å². The van der Waals surface area contributed by atoms with Crippen molar-refractivity contribution in [1.82, 2.24) is 9.55 Å². The number of ether oxygens (including phenoxy) is 1. The van der Waals surface area contributed by atoms with Crippen LogP contribution in [-0.4, -0.2) is 44.8 Å². The number of hydrogen-bond acceptors (Lipinski definition) is 7. The summed E-state index contributed by atoms with van der Waals surface area (Å²) in [5, 5.41) is 2.69. The highest BCUT2D eigenvalue weighted by Gasteiger charge is 2.18. The van der Waals surface area contributed by atoms with Gasteiger partial charge in [-0.05, 0) is 48.0 Å². The van der Waals surface area contributed by atoms with Gasteiger partial charge in [0.05, 0.1) is 34.3 Å². The Hall–Kier alpha value is -4.30. The van der Waals surface area contributed by atoms with Gasteiger partial charge in [-0.3, -0.25) is 9.52 Å². The molecule has 0 bridgehead atoms. The highest BCUT2D eigenvalue weighted by atomic mass is 32.2. The minimum atomic E-state index is -3.67. The molecule has 0 saturated carbocycles. The molecule has 4 aromatic rings. The van der Waals surface area contributed by atoms with Crippen molar-refractivity contribution in [1.29, 1.82) is 0 Å². The highest BCUT2D eigenvalue weighted by molar-refractivity contribution is 7.92. The molecule has 0 aliphatic carbocycles. The Morgan fingerprint density at radius 3 is 2.40 bits per heavy atom. The van der Waals surface area contributed by atoms with Gasteiger partial charge in [-0.25, -0.2) is 30.6 Å². The van der Waals surface area contributed by atoms with E-state index in [1.807, 2.05) is 0 Å². The van der Waals surface area contributed by atoms with E-state index in [-0.39, 0.29) is 39.8 Å². The van der Waals surface area contributed by atoms with Crippen LogP contribution in [0.1, 0.15) is 15.9 Å². The van der Waals surface area contributed by atoms with E-state index in [1.54, 1.807) is 23.7 Å². The molecule has 0 saturated heterocycles. The SMILES string of the molecule is Cn1cc(C(=O)Nc2cccc(NS(C)(=O)=O)c2)cc1-c1ncc(F)cc1OCc1cc(F)cc(S(C)(=O)=O)c1. The average molecular weight is 591 g/mol. The minimum absolute atomic E-state index is 0.0159. The molecule has 4 rings (SSSR count). The predicted molar refractivity (Wildman–Crippen MR) is 145 cm³/mol. The standard InChI is InChI=1S/C26H24F2N4O6S2/c1-32-14-17(26(33)30-20-5-4-6-21(12-20)31-40(3,36)37)9-23(32)25-24(11-19(28)13-29-25)38-15-16-7-18(27)10-22(8-16)39(2,34)35/h4-14,31H,15H2,1-3H3,(H,30,33). The van der Waals surface area contributed by atoms with Crippen LogP contribution in [0, 0.1) is 11.6 Å². The van der Waals surface area contributed by atoms with E-state index in [1.165, 1.54) is 30.5 Å². The van der Waals surface area contributed by atoms with Crippen molar-refractivity contribution in [3.63, 3.8) is 0 Å². The third-order valence-electron chi connectivity index (χ3n) is 5.51. The monoisotopic (exact) mass is 590 g/mol. The molecule has 1 amide bonds. The largest absolute Gasteiger partial charge is 0.486 e. The molecule has 2 aromatic heterocycles. The van der Waals surface area contributed by atoms with Gasteiger partial charge in [-0.1, -0.05) is 6.07 Å². The van der Waals surface area contributed by atoms with Crippen LogP contribution in [0.25, 0.3) is 11.4 Å². The number of amides is 1. The normalized spacial score (nSPS) is 11.7. The van der Waals surface area contributed by atoms with E-state index in [0.717, 1.165) is 36.9 Å². The molecule has 0 aliphatic rings. The first-order valence-electron chi connectivity index (χ1n) is 11.5. The lowest BCUT2D eigenvalue weighted by Gasteiger charge is -2.12. The smallest absolute Gasteiger partial charge is 0.257 e. The van der Waals surface area contributed by atoms with Crippen LogP contribution in [-0.2, 0) is 33.5 Å². The zero-order valence-electron chi connectivity index (χ0n) is 21.5. The second-order valence-electron chi connectivity index (χ2n) is 8.99. The Morgan fingerprint density at radius 1 is 0.975 bits per heavy atom. The lowest BCUT2D eigenvalue weighted by atomic mass is 10.2. The lowest BCUT2D eigenvalue weighted by molar-refractivity contribution is 0.102. The van der Waals surface area contributed by atoms with Crippen molar-refractivity contribution >= 4 is 37.1 Å². The molecule has 0 spiro atoms. The number of sulfonamides is 1. The number of pyridine rings is 1. The summed E-state index contributed by atoms with van der Waals surface area (Å²) in [6.45, 7) is -0.284. The Balaban J connectivity index is 1.58. The van der Waals surface area contributed by atoms with Gasteiger partial charge in [0.2, 0.25) is 10.0 Å². The van der Waals surface area contributed by atoms with Crippen LogP contribution in [0.3, 0.4) is 0 Å². The maximum absolute atomic E-state index is 14.1. The molecule has 14 heteroatoms. The summed E-state index contributed by atoms with van der Waals surface area (Å²) in [4.78, 5) is 16.8. The number of nitrogens with zero attached hydrogens (tertiary/aromatic N) is 2. The van der Waals surface area contributed by atoms with Crippen molar-refractivity contribution in [3.05, 3.63) is 89.8 Å². The number of sulfone groups is 1. The highest BCUT2D eigenvalue weighted by Crippen LogP contribution is 2.31. The third-order valence-corrected chi connectivity index (χ3v) is 7.20. The lowest BCUT2D eigenvalue weighted by Crippen LogP contribution is -2.12. The summed E-state index contributed by atoms with van der Waals surface area (Å²) in [5.74, 6) is -1.99. The van der Waals surface area contributed by atoms with Crippen molar-refractivity contribution in [3.8, 4) is 17.1 Å². The van der Waals surface area contributed by atoms with E-state index in [0.29, 0.717) is 11.4 Å². The molecular formula is C26H24F2N4O6S2. The quantitative estimate of drug-likeness (QED) is 0.301. The number of halogens is 2. The first-order valence-corrected chi connectivity index (χ1v) is 15.3. The summed E-state index contributed by atoms with van der Waals surface area (Å²) in [5.41, 5.74) is 1.62. The van der Waals surface area contributed by atoms with E-state index in [9.17, 15) is 30.4 Å². The molecule has 0 aliphatic heterocycles. The first kappa shape index (κ1) is 28.7. The molecule has 0 radical (unpaired) electrons. The second-order valence-corrected chi connectivity index (χ2v) is 12.8. The molecule has 2 N–H and O–H groups in total. The summed E-state index contributed by atoms with van der Waals surface area (Å²) < 4.78 is 84.4. The number of benzene rings is 2. The van der Waals surface area contributed by atoms with E-state index in [2.05, 4.69) is 15.0 Å². The van der Waals surface area contributed by atoms with Gasteiger partial charge in [0, 0.05) is 31.3 Å².